The van der Waals surface area contributed by atoms with E-state index >= 15 is 0 Å². The fourth-order valence-electron chi connectivity index (χ4n) is 1.44. The number of hydrogen-bond donors (Lipinski definition) is 0. The number of nitrogens with zero attached hydrogens (tertiary/aromatic N) is 2. The molecule has 16 heteroatoms. The summed E-state index contributed by atoms with van der Waals surface area (Å²) in [6.07, 6.45) is 0. The summed E-state index contributed by atoms with van der Waals surface area (Å²) in [6, 6.07) is 0. The Kier molecular flexibility index (Phi) is 43.7. The Morgan fingerprint density at radius 2 is 0.692 bits per heavy atom. The molecule has 0 bridgehead atoms. The number of carboxylic acids is 4. The predicted octanol–water partition coefficient (Wildman–Crippen LogP) is -15.9. The summed E-state index contributed by atoms with van der Waals surface area (Å²) >= 11 is 0. The second-order valence-corrected chi connectivity index (χ2v) is 3.91. The molecule has 0 spiro atoms. The van der Waals surface area contributed by atoms with Crippen molar-refractivity contribution < 1.29 is 132 Å². The fraction of sp³-hybridized carbons (Fsp3) is 0.600. The SMILES string of the molecule is O.O.O.O=C([O-])CN(CCN(CC(=O)[O-])CC(=O)[O-])CC(=O)[O-].[Cu+2].[Na+].[Na+]. The number of aliphatic carboxylic acids is 4. The van der Waals surface area contributed by atoms with Crippen LogP contribution in [0.15, 0.2) is 0 Å². The van der Waals surface area contributed by atoms with Crippen LogP contribution in [0.3, 0.4) is 0 Å². The van der Waals surface area contributed by atoms with Crippen LogP contribution in [0, 0.1) is 0 Å². The smallest absolute Gasteiger partial charge is 0.549 e. The van der Waals surface area contributed by atoms with Crippen LogP contribution in [0.4, 0.5) is 0 Å². The van der Waals surface area contributed by atoms with E-state index in [9.17, 15) is 39.6 Å². The van der Waals surface area contributed by atoms with Crippen molar-refractivity contribution >= 4 is 23.9 Å². The summed E-state index contributed by atoms with van der Waals surface area (Å²) < 4.78 is 0. The van der Waals surface area contributed by atoms with Gasteiger partial charge in [0.25, 0.3) is 0 Å². The van der Waals surface area contributed by atoms with E-state index in [-0.39, 0.29) is 106 Å². The maximum Gasteiger partial charge on any atom is 2.00 e. The monoisotopic (exact) mass is 451 g/mol. The van der Waals surface area contributed by atoms with Crippen molar-refractivity contribution in [2.24, 2.45) is 0 Å². The molecule has 1 radical (unpaired) electrons. The Morgan fingerprint density at radius 1 is 0.538 bits per heavy atom. The molecule has 0 saturated carbocycles. The van der Waals surface area contributed by atoms with E-state index in [1.54, 1.807) is 0 Å². The number of hydrogen-bond acceptors (Lipinski definition) is 10. The van der Waals surface area contributed by atoms with Gasteiger partial charge in [0.1, 0.15) is 0 Å². The molecule has 0 aromatic rings. The van der Waals surface area contributed by atoms with Gasteiger partial charge in [0.05, 0.1) is 23.9 Å². The topological polar surface area (TPSA) is 262 Å². The van der Waals surface area contributed by atoms with Gasteiger partial charge in [-0.3, -0.25) is 9.80 Å². The fourth-order valence-corrected chi connectivity index (χ4v) is 1.44. The standard InChI is InChI=1S/C10H16N2O8.Cu.2Na.3H2O/c13-7(14)3-11(4-8(15)16)1-2-12(5-9(17)18)6-10(19)20;;;;;;/h1-6H2,(H,13,14)(H,15,16)(H,17,18)(H,19,20);;;;3*1H2/q;+2;2*+1;;;/p-4. The van der Waals surface area contributed by atoms with E-state index < -0.39 is 50.1 Å². The van der Waals surface area contributed by atoms with Gasteiger partial charge < -0.3 is 56.0 Å². The van der Waals surface area contributed by atoms with Crippen LogP contribution in [-0.4, -0.2) is 89.4 Å². The van der Waals surface area contributed by atoms with Crippen molar-refractivity contribution in [1.82, 2.24) is 9.80 Å². The van der Waals surface area contributed by atoms with Gasteiger partial charge in [0, 0.05) is 39.3 Å². The number of rotatable bonds is 11. The number of carbonyl (C=O) groups excluding carboxylic acids is 4. The molecule has 0 aliphatic heterocycles. The Morgan fingerprint density at radius 3 is 0.808 bits per heavy atom. The zero-order valence-electron chi connectivity index (χ0n) is 14.2. The molecule has 6 N–H and O–H groups in total. The van der Waals surface area contributed by atoms with Crippen molar-refractivity contribution in [1.29, 1.82) is 0 Å². The molecule has 13 nitrogen and oxygen atoms in total. The molecule has 0 atom stereocenters. The molecular weight excluding hydrogens is 434 g/mol. The van der Waals surface area contributed by atoms with Gasteiger partial charge in [-0.1, -0.05) is 0 Å². The normalized spacial score (nSPS) is 8.23. The molecule has 0 rings (SSSR count). The van der Waals surface area contributed by atoms with Crippen molar-refractivity contribution in [2.75, 3.05) is 39.3 Å². The van der Waals surface area contributed by atoms with Crippen molar-refractivity contribution in [3.05, 3.63) is 0 Å². The summed E-state index contributed by atoms with van der Waals surface area (Å²) in [5, 5.41) is 41.6. The van der Waals surface area contributed by atoms with Crippen molar-refractivity contribution in [2.45, 2.75) is 0 Å². The van der Waals surface area contributed by atoms with E-state index in [0.717, 1.165) is 9.80 Å². The summed E-state index contributed by atoms with van der Waals surface area (Å²) in [5.74, 6) is -6.12. The molecule has 0 aliphatic carbocycles. The van der Waals surface area contributed by atoms with Crippen LogP contribution >= 0.6 is 0 Å². The zero-order chi connectivity index (χ0) is 15.7. The van der Waals surface area contributed by atoms with Gasteiger partial charge in [0.2, 0.25) is 0 Å². The molecule has 0 aromatic heterocycles. The third-order valence-electron chi connectivity index (χ3n) is 2.14. The molecule has 0 heterocycles. The molecular formula is C10H18CuN2Na2O11. The zero-order valence-corrected chi connectivity index (χ0v) is 19.1. The van der Waals surface area contributed by atoms with Gasteiger partial charge in [-0.05, 0) is 0 Å². The third kappa shape index (κ3) is 29.0. The molecule has 0 aliphatic rings. The maximum absolute atomic E-state index is 10.4. The summed E-state index contributed by atoms with van der Waals surface area (Å²) in [5.41, 5.74) is 0. The Labute approximate surface area is 203 Å². The van der Waals surface area contributed by atoms with Crippen LogP contribution < -0.4 is 79.5 Å². The average Bonchev–Trinajstić information content (AvgIpc) is 2.22. The first-order valence-electron chi connectivity index (χ1n) is 5.44. The van der Waals surface area contributed by atoms with E-state index in [2.05, 4.69) is 0 Å². The van der Waals surface area contributed by atoms with Gasteiger partial charge in [-0.2, -0.15) is 0 Å². The molecule has 0 unspecified atom stereocenters. The van der Waals surface area contributed by atoms with Crippen molar-refractivity contribution in [3.63, 3.8) is 0 Å². The largest absolute Gasteiger partial charge is 2.00 e. The Bertz CT molecular complexity index is 335. The molecule has 147 valence electrons. The first-order valence-corrected chi connectivity index (χ1v) is 5.44. The minimum Gasteiger partial charge on any atom is -0.549 e. The number of carbonyl (C=O) groups is 4. The molecule has 0 amide bonds. The summed E-state index contributed by atoms with van der Waals surface area (Å²) in [4.78, 5) is 43.4. The minimum atomic E-state index is -1.53. The molecule has 0 saturated heterocycles. The predicted molar refractivity (Wildman–Crippen MR) is 63.7 cm³/mol. The van der Waals surface area contributed by atoms with Gasteiger partial charge in [0.15, 0.2) is 0 Å². The first-order chi connectivity index (χ1) is 9.20. The van der Waals surface area contributed by atoms with Crippen LogP contribution in [0.2, 0.25) is 0 Å². The summed E-state index contributed by atoms with van der Waals surface area (Å²) in [6.45, 7) is -3.25. The third-order valence-corrected chi connectivity index (χ3v) is 2.14. The quantitative estimate of drug-likeness (QED) is 0.267. The maximum atomic E-state index is 10.4. The molecule has 0 aromatic carbocycles. The average molecular weight is 452 g/mol. The molecule has 0 fully saturated rings. The van der Waals surface area contributed by atoms with E-state index in [1.807, 2.05) is 0 Å². The van der Waals surface area contributed by atoms with Crippen LogP contribution in [-0.2, 0) is 36.2 Å². The Balaban J connectivity index is -0.000000120. The van der Waals surface area contributed by atoms with Gasteiger partial charge in [-0.25, -0.2) is 0 Å². The molecule has 26 heavy (non-hydrogen) atoms. The minimum absolute atomic E-state index is 0. The van der Waals surface area contributed by atoms with Crippen LogP contribution in [0.5, 0.6) is 0 Å². The van der Waals surface area contributed by atoms with E-state index in [1.165, 1.54) is 0 Å². The number of carboxylic acid groups (broad SMARTS) is 4. The second kappa shape index (κ2) is 25.2. The van der Waals surface area contributed by atoms with Crippen LogP contribution in [0.25, 0.3) is 0 Å². The van der Waals surface area contributed by atoms with Crippen LogP contribution in [0.1, 0.15) is 0 Å². The van der Waals surface area contributed by atoms with Crippen molar-refractivity contribution in [3.8, 4) is 0 Å². The van der Waals surface area contributed by atoms with E-state index in [0.29, 0.717) is 0 Å². The second-order valence-electron chi connectivity index (χ2n) is 3.91. The van der Waals surface area contributed by atoms with Gasteiger partial charge >= 0.3 is 76.2 Å². The summed E-state index contributed by atoms with van der Waals surface area (Å²) in [7, 11) is 0. The first kappa shape index (κ1) is 45.1. The van der Waals surface area contributed by atoms with E-state index in [4.69, 9.17) is 0 Å². The Hall–Kier alpha value is 0.199. The van der Waals surface area contributed by atoms with Gasteiger partial charge in [-0.15, -0.1) is 0 Å².